The second kappa shape index (κ2) is 8.82. The summed E-state index contributed by atoms with van der Waals surface area (Å²) in [6.07, 6.45) is 1.51. The van der Waals surface area contributed by atoms with Crippen molar-refractivity contribution in [2.75, 3.05) is 25.7 Å². The number of rotatable bonds is 8. The molecule has 0 spiro atoms. The van der Waals surface area contributed by atoms with Crippen LogP contribution in [0.25, 0.3) is 0 Å². The predicted molar refractivity (Wildman–Crippen MR) is 93.3 cm³/mol. The van der Waals surface area contributed by atoms with Crippen LogP contribution in [0.2, 0.25) is 0 Å². The van der Waals surface area contributed by atoms with E-state index in [4.69, 9.17) is 9.15 Å². The lowest BCUT2D eigenvalue weighted by atomic mass is 10.1. The van der Waals surface area contributed by atoms with Crippen LogP contribution in [0, 0.1) is 0 Å². The first-order valence-electron chi connectivity index (χ1n) is 7.89. The van der Waals surface area contributed by atoms with Crippen molar-refractivity contribution in [3.05, 3.63) is 54.0 Å². The lowest BCUT2D eigenvalue weighted by molar-refractivity contribution is -0.139. The van der Waals surface area contributed by atoms with Crippen LogP contribution in [0.1, 0.15) is 27.3 Å². The molecule has 0 aliphatic carbocycles. The summed E-state index contributed by atoms with van der Waals surface area (Å²) < 4.78 is 9.96. The molecule has 2 rings (SSSR count). The zero-order valence-electron chi connectivity index (χ0n) is 14.5. The molecule has 0 fully saturated rings. The second-order valence-electron chi connectivity index (χ2n) is 5.50. The fourth-order valence-electron chi connectivity index (χ4n) is 2.36. The Kier molecular flexibility index (Phi) is 6.51. The molecule has 2 aromatic rings. The molecule has 138 valence electrons. The highest BCUT2D eigenvalue weighted by Crippen LogP contribution is 2.21. The van der Waals surface area contributed by atoms with Crippen molar-refractivity contribution in [2.24, 2.45) is 0 Å². The van der Waals surface area contributed by atoms with Crippen LogP contribution in [0.15, 0.2) is 47.1 Å². The van der Waals surface area contributed by atoms with E-state index in [0.29, 0.717) is 5.69 Å². The van der Waals surface area contributed by atoms with E-state index < -0.39 is 23.8 Å². The number of aliphatic carboxylic acids is 1. The van der Waals surface area contributed by atoms with Crippen molar-refractivity contribution in [3.8, 4) is 0 Å². The second-order valence-corrected chi connectivity index (χ2v) is 5.50. The Labute approximate surface area is 150 Å². The van der Waals surface area contributed by atoms with Gasteiger partial charge in [-0.05, 0) is 24.3 Å². The van der Waals surface area contributed by atoms with Gasteiger partial charge in [0.05, 0.1) is 17.5 Å². The third-order valence-corrected chi connectivity index (χ3v) is 3.76. The molecule has 0 saturated carbocycles. The predicted octanol–water partition coefficient (Wildman–Crippen LogP) is 1.78. The van der Waals surface area contributed by atoms with Crippen molar-refractivity contribution < 1.29 is 28.6 Å². The fourth-order valence-corrected chi connectivity index (χ4v) is 2.36. The van der Waals surface area contributed by atoms with Crippen molar-refractivity contribution in [1.82, 2.24) is 5.32 Å². The Morgan fingerprint density at radius 1 is 1.23 bits per heavy atom. The Balaban J connectivity index is 2.23. The van der Waals surface area contributed by atoms with Crippen LogP contribution in [0.5, 0.6) is 0 Å². The molecule has 8 heteroatoms. The number of nitrogens with zero attached hydrogens (tertiary/aromatic N) is 1. The number of anilines is 1. The zero-order valence-corrected chi connectivity index (χ0v) is 14.5. The molecule has 1 unspecified atom stereocenters. The number of furan rings is 1. The number of carbonyl (C=O) groups is 3. The Bertz CT molecular complexity index is 772. The quantitative estimate of drug-likeness (QED) is 0.743. The average Bonchev–Trinajstić information content (AvgIpc) is 3.18. The van der Waals surface area contributed by atoms with Crippen molar-refractivity contribution >= 4 is 23.5 Å². The molecular formula is C18H20N2O6. The van der Waals surface area contributed by atoms with Gasteiger partial charge in [-0.2, -0.15) is 0 Å². The summed E-state index contributed by atoms with van der Waals surface area (Å²) in [6, 6.07) is 8.44. The van der Waals surface area contributed by atoms with Gasteiger partial charge in [0.15, 0.2) is 5.76 Å². The first kappa shape index (κ1) is 19.2. The van der Waals surface area contributed by atoms with Gasteiger partial charge in [0.1, 0.15) is 6.04 Å². The molecule has 0 aliphatic rings. The molecule has 26 heavy (non-hydrogen) atoms. The summed E-state index contributed by atoms with van der Waals surface area (Å²) in [4.78, 5) is 37.6. The number of para-hydroxylation sites is 1. The average molecular weight is 360 g/mol. The lowest BCUT2D eigenvalue weighted by Crippen LogP contribution is -2.42. The monoisotopic (exact) mass is 360 g/mol. The number of amides is 2. The third-order valence-electron chi connectivity index (χ3n) is 3.76. The van der Waals surface area contributed by atoms with E-state index in [1.165, 1.54) is 37.5 Å². The first-order chi connectivity index (χ1) is 12.5. The maximum atomic E-state index is 12.6. The van der Waals surface area contributed by atoms with Gasteiger partial charge in [0, 0.05) is 27.2 Å². The number of nitrogens with one attached hydrogen (secondary N) is 1. The Hall–Kier alpha value is -3.13. The molecule has 2 N–H and O–H groups in total. The minimum Gasteiger partial charge on any atom is -0.480 e. The van der Waals surface area contributed by atoms with Gasteiger partial charge in [-0.1, -0.05) is 12.1 Å². The summed E-state index contributed by atoms with van der Waals surface area (Å²) in [7, 11) is 2.96. The molecule has 1 atom stereocenters. The number of hydrogen-bond donors (Lipinski definition) is 2. The molecule has 1 aromatic heterocycles. The van der Waals surface area contributed by atoms with E-state index in [1.807, 2.05) is 0 Å². The summed E-state index contributed by atoms with van der Waals surface area (Å²) >= 11 is 0. The van der Waals surface area contributed by atoms with Crippen LogP contribution in [-0.4, -0.2) is 49.7 Å². The zero-order chi connectivity index (χ0) is 19.1. The molecule has 1 aromatic carbocycles. The maximum Gasteiger partial charge on any atom is 0.326 e. The summed E-state index contributed by atoms with van der Waals surface area (Å²) in [5, 5.41) is 11.7. The Morgan fingerprint density at radius 2 is 1.96 bits per heavy atom. The molecule has 0 radical (unpaired) electrons. The van der Waals surface area contributed by atoms with Crippen molar-refractivity contribution in [3.63, 3.8) is 0 Å². The van der Waals surface area contributed by atoms with Crippen molar-refractivity contribution in [1.29, 1.82) is 0 Å². The van der Waals surface area contributed by atoms with E-state index in [1.54, 1.807) is 24.3 Å². The standard InChI is InChI=1S/C18H20N2O6/c1-20(17(22)15-8-5-10-26-15)14-7-4-3-6-12(14)16(21)19-13(18(23)24)9-11-25-2/h3-8,10,13H,9,11H2,1-2H3,(H,19,21)(H,23,24). The normalized spacial score (nSPS) is 11.6. The number of carbonyl (C=O) groups excluding carboxylic acids is 2. The highest BCUT2D eigenvalue weighted by molar-refractivity contribution is 6.09. The minimum atomic E-state index is -1.16. The number of ether oxygens (including phenoxy) is 1. The van der Waals surface area contributed by atoms with Gasteiger partial charge >= 0.3 is 5.97 Å². The molecule has 0 bridgehead atoms. The van der Waals surface area contributed by atoms with E-state index in [-0.39, 0.29) is 24.4 Å². The SMILES string of the molecule is COCCC(NC(=O)c1ccccc1N(C)C(=O)c1ccco1)C(=O)O. The molecule has 8 nitrogen and oxygen atoms in total. The van der Waals surface area contributed by atoms with Gasteiger partial charge in [0.25, 0.3) is 11.8 Å². The van der Waals surface area contributed by atoms with Gasteiger partial charge in [-0.25, -0.2) is 4.79 Å². The fraction of sp³-hybridized carbons (Fsp3) is 0.278. The summed E-state index contributed by atoms with van der Waals surface area (Å²) in [6.45, 7) is 0.190. The molecule has 2 amide bonds. The third kappa shape index (κ3) is 4.48. The van der Waals surface area contributed by atoms with Crippen LogP contribution >= 0.6 is 0 Å². The summed E-state index contributed by atoms with van der Waals surface area (Å²) in [5.74, 6) is -2.05. The largest absolute Gasteiger partial charge is 0.480 e. The van der Waals surface area contributed by atoms with E-state index in [2.05, 4.69) is 5.32 Å². The number of carboxylic acids is 1. The van der Waals surface area contributed by atoms with Gasteiger partial charge < -0.3 is 24.5 Å². The van der Waals surface area contributed by atoms with E-state index >= 15 is 0 Å². The number of carboxylic acid groups (broad SMARTS) is 1. The smallest absolute Gasteiger partial charge is 0.326 e. The van der Waals surface area contributed by atoms with Crippen LogP contribution in [0.3, 0.4) is 0 Å². The van der Waals surface area contributed by atoms with Crippen LogP contribution in [-0.2, 0) is 9.53 Å². The van der Waals surface area contributed by atoms with Crippen LogP contribution < -0.4 is 10.2 Å². The first-order valence-corrected chi connectivity index (χ1v) is 7.89. The maximum absolute atomic E-state index is 12.6. The summed E-state index contributed by atoms with van der Waals surface area (Å²) in [5.41, 5.74) is 0.515. The van der Waals surface area contributed by atoms with Crippen molar-refractivity contribution in [2.45, 2.75) is 12.5 Å². The van der Waals surface area contributed by atoms with Crippen LogP contribution in [0.4, 0.5) is 5.69 Å². The number of methoxy groups -OCH3 is 1. The lowest BCUT2D eigenvalue weighted by Gasteiger charge is -2.20. The molecule has 0 saturated heterocycles. The van der Waals surface area contributed by atoms with Gasteiger partial charge in [-0.3, -0.25) is 9.59 Å². The number of hydrogen-bond acceptors (Lipinski definition) is 5. The van der Waals surface area contributed by atoms with E-state index in [9.17, 15) is 19.5 Å². The number of benzene rings is 1. The highest BCUT2D eigenvalue weighted by atomic mass is 16.5. The van der Waals surface area contributed by atoms with Gasteiger partial charge in [0.2, 0.25) is 0 Å². The molecule has 1 heterocycles. The molecule has 0 aliphatic heterocycles. The Morgan fingerprint density at radius 3 is 2.58 bits per heavy atom. The topological polar surface area (TPSA) is 109 Å². The van der Waals surface area contributed by atoms with E-state index in [0.717, 1.165) is 0 Å². The highest BCUT2D eigenvalue weighted by Gasteiger charge is 2.24. The van der Waals surface area contributed by atoms with Gasteiger partial charge in [-0.15, -0.1) is 0 Å². The minimum absolute atomic E-state index is 0.126. The molecular weight excluding hydrogens is 340 g/mol.